The molecule has 1 aromatic carbocycles. The van der Waals surface area contributed by atoms with Gasteiger partial charge in [-0.1, -0.05) is 18.2 Å². The van der Waals surface area contributed by atoms with Gasteiger partial charge in [-0.05, 0) is 18.6 Å². The number of ether oxygens (including phenoxy) is 5. The molecule has 2 aromatic rings. The molecule has 0 unspecified atom stereocenters. The fraction of sp³-hybridized carbons (Fsp3) is 0.520. The molecular weight excluding hydrogens is 440 g/mol. The van der Waals surface area contributed by atoms with Gasteiger partial charge in [0.05, 0.1) is 45.4 Å². The minimum Gasteiger partial charge on any atom is -0.497 e. The molecule has 9 nitrogen and oxygen atoms in total. The summed E-state index contributed by atoms with van der Waals surface area (Å²) < 4.78 is 27.2. The number of H-pyrrole nitrogens is 1. The maximum atomic E-state index is 12.7. The molecule has 3 heterocycles. The van der Waals surface area contributed by atoms with E-state index in [-0.39, 0.29) is 23.9 Å². The lowest BCUT2D eigenvalue weighted by Crippen LogP contribution is -2.47. The molecule has 0 amide bonds. The van der Waals surface area contributed by atoms with Crippen LogP contribution in [0.2, 0.25) is 0 Å². The van der Waals surface area contributed by atoms with E-state index in [0.717, 1.165) is 16.5 Å². The first-order valence-corrected chi connectivity index (χ1v) is 11.5. The molecule has 9 heteroatoms. The molecule has 2 aliphatic heterocycles. The number of aromatic amines is 1. The molecule has 34 heavy (non-hydrogen) atoms. The van der Waals surface area contributed by atoms with Crippen LogP contribution in [-0.2, 0) is 39.7 Å². The second-order valence-electron chi connectivity index (χ2n) is 8.63. The average Bonchev–Trinajstić information content (AvgIpc) is 3.52. The summed E-state index contributed by atoms with van der Waals surface area (Å²) >= 11 is 0. The van der Waals surface area contributed by atoms with Crippen molar-refractivity contribution in [3.63, 3.8) is 0 Å². The van der Waals surface area contributed by atoms with Crippen LogP contribution in [0.3, 0.4) is 0 Å². The van der Waals surface area contributed by atoms with E-state index in [4.69, 9.17) is 23.7 Å². The van der Waals surface area contributed by atoms with Crippen LogP contribution >= 0.6 is 0 Å². The Morgan fingerprint density at radius 2 is 1.94 bits per heavy atom. The van der Waals surface area contributed by atoms with E-state index in [9.17, 15) is 9.59 Å². The van der Waals surface area contributed by atoms with Crippen molar-refractivity contribution in [2.45, 2.75) is 38.2 Å². The fourth-order valence-corrected chi connectivity index (χ4v) is 4.78. The fourth-order valence-electron chi connectivity index (χ4n) is 4.78. The number of benzene rings is 1. The highest BCUT2D eigenvalue weighted by molar-refractivity contribution is 5.89. The number of carbonyl (C=O) groups excluding carboxylic acids is 2. The summed E-state index contributed by atoms with van der Waals surface area (Å²) in [7, 11) is 2.73. The van der Waals surface area contributed by atoms with Crippen LogP contribution in [0.1, 0.15) is 18.9 Å². The third-order valence-corrected chi connectivity index (χ3v) is 6.67. The zero-order valence-corrected chi connectivity index (χ0v) is 19.7. The van der Waals surface area contributed by atoms with Crippen LogP contribution in [0.15, 0.2) is 42.3 Å². The van der Waals surface area contributed by atoms with Crippen molar-refractivity contribution in [1.29, 1.82) is 0 Å². The number of rotatable bonds is 9. The van der Waals surface area contributed by atoms with Gasteiger partial charge in [0, 0.05) is 48.3 Å². The van der Waals surface area contributed by atoms with E-state index in [1.165, 1.54) is 20.5 Å². The van der Waals surface area contributed by atoms with Crippen LogP contribution in [0.4, 0.5) is 0 Å². The highest BCUT2D eigenvalue weighted by Crippen LogP contribution is 2.36. The van der Waals surface area contributed by atoms with Crippen molar-refractivity contribution in [1.82, 2.24) is 10.3 Å². The number of nitrogens with one attached hydrogen (secondary N) is 2. The first-order chi connectivity index (χ1) is 16.5. The molecule has 0 spiro atoms. The van der Waals surface area contributed by atoms with Gasteiger partial charge in [0.25, 0.3) is 0 Å². The zero-order chi connectivity index (χ0) is 24.1. The Morgan fingerprint density at radius 3 is 2.68 bits per heavy atom. The van der Waals surface area contributed by atoms with Gasteiger partial charge < -0.3 is 34.0 Å². The number of methoxy groups -OCH3 is 2. The summed E-state index contributed by atoms with van der Waals surface area (Å²) in [5.74, 6) is -1.14. The van der Waals surface area contributed by atoms with Crippen LogP contribution in [0, 0.1) is 11.8 Å². The lowest BCUT2D eigenvalue weighted by Gasteiger charge is -2.37. The standard InChI is InChI=1S/C25H32N2O7/c1-15-19(18(11-23-32-8-9-33-23)20(14-34-15)24(28)30-2)13-27-22(25(29)31-3)10-16-12-26-21-7-5-4-6-17(16)21/h4-7,12,14-15,18-19,22-23,26-27H,8-11,13H2,1-3H3/t15-,18-,19+,22-/m0/s1. The Labute approximate surface area is 198 Å². The first kappa shape index (κ1) is 24.3. The monoisotopic (exact) mass is 472 g/mol. The summed E-state index contributed by atoms with van der Waals surface area (Å²) in [6.07, 6.45) is 3.76. The predicted octanol–water partition coefficient (Wildman–Crippen LogP) is 2.31. The van der Waals surface area contributed by atoms with Gasteiger partial charge in [0.2, 0.25) is 0 Å². The number of esters is 2. The van der Waals surface area contributed by atoms with Crippen molar-refractivity contribution in [2.75, 3.05) is 34.0 Å². The quantitative estimate of drug-likeness (QED) is 0.536. The zero-order valence-electron chi connectivity index (χ0n) is 19.7. The van der Waals surface area contributed by atoms with Gasteiger partial charge in [-0.3, -0.25) is 4.79 Å². The van der Waals surface area contributed by atoms with Gasteiger partial charge in [0.15, 0.2) is 6.29 Å². The molecule has 2 aliphatic rings. The lowest BCUT2D eigenvalue weighted by molar-refractivity contribution is -0.144. The third kappa shape index (κ3) is 5.27. The summed E-state index contributed by atoms with van der Waals surface area (Å²) in [5.41, 5.74) is 2.48. The van der Waals surface area contributed by atoms with Crippen LogP contribution < -0.4 is 5.32 Å². The molecule has 4 atom stereocenters. The second-order valence-corrected chi connectivity index (χ2v) is 8.63. The van der Waals surface area contributed by atoms with Gasteiger partial charge in [-0.2, -0.15) is 0 Å². The van der Waals surface area contributed by atoms with E-state index >= 15 is 0 Å². The van der Waals surface area contributed by atoms with Crippen molar-refractivity contribution in [3.05, 3.63) is 47.9 Å². The number of fused-ring (bicyclic) bond motifs is 1. The van der Waals surface area contributed by atoms with E-state index in [1.807, 2.05) is 37.4 Å². The average molecular weight is 473 g/mol. The smallest absolute Gasteiger partial charge is 0.337 e. The molecule has 4 rings (SSSR count). The predicted molar refractivity (Wildman–Crippen MR) is 124 cm³/mol. The Kier molecular flexibility index (Phi) is 7.87. The first-order valence-electron chi connectivity index (χ1n) is 11.5. The third-order valence-electron chi connectivity index (χ3n) is 6.67. The van der Waals surface area contributed by atoms with Crippen LogP contribution in [0.5, 0.6) is 0 Å². The minimum absolute atomic E-state index is 0.123. The molecular formula is C25H32N2O7. The molecule has 0 saturated carbocycles. The molecule has 2 N–H and O–H groups in total. The Balaban J connectivity index is 1.52. The van der Waals surface area contributed by atoms with Gasteiger partial charge >= 0.3 is 11.9 Å². The maximum absolute atomic E-state index is 12.7. The van der Waals surface area contributed by atoms with E-state index < -0.39 is 18.3 Å². The van der Waals surface area contributed by atoms with Crippen molar-refractivity contribution < 1.29 is 33.3 Å². The number of hydrogen-bond acceptors (Lipinski definition) is 8. The van der Waals surface area contributed by atoms with Crippen molar-refractivity contribution in [2.24, 2.45) is 11.8 Å². The number of aromatic nitrogens is 1. The topological polar surface area (TPSA) is 108 Å². The molecule has 184 valence electrons. The summed E-state index contributed by atoms with van der Waals surface area (Å²) in [6, 6.07) is 7.40. The second kappa shape index (κ2) is 11.0. The number of para-hydroxylation sites is 1. The van der Waals surface area contributed by atoms with Crippen LogP contribution in [-0.4, -0.2) is 69.3 Å². The molecule has 0 bridgehead atoms. The molecule has 1 aromatic heterocycles. The van der Waals surface area contributed by atoms with Crippen LogP contribution in [0.25, 0.3) is 10.9 Å². The SMILES string of the molecule is COC(=O)C1=CO[C@@H](C)[C@@H](CN[C@@H](Cc2c[nH]c3ccccc23)C(=O)OC)[C@@H]1CC1OCCO1. The minimum atomic E-state index is -0.566. The summed E-state index contributed by atoms with van der Waals surface area (Å²) in [4.78, 5) is 28.4. The Hall–Kier alpha value is -2.88. The normalized spacial score (nSPS) is 23.9. The largest absolute Gasteiger partial charge is 0.497 e. The molecule has 0 radical (unpaired) electrons. The van der Waals surface area contributed by atoms with Gasteiger partial charge in [-0.25, -0.2) is 4.79 Å². The molecule has 0 aliphatic carbocycles. The van der Waals surface area contributed by atoms with Gasteiger partial charge in [0.1, 0.15) is 6.04 Å². The van der Waals surface area contributed by atoms with Crippen molar-refractivity contribution >= 4 is 22.8 Å². The Bertz CT molecular complexity index is 1030. The maximum Gasteiger partial charge on any atom is 0.337 e. The highest BCUT2D eigenvalue weighted by Gasteiger charge is 2.40. The molecule has 1 saturated heterocycles. The lowest BCUT2D eigenvalue weighted by atomic mass is 9.78. The Morgan fingerprint density at radius 1 is 1.18 bits per heavy atom. The van der Waals surface area contributed by atoms with E-state index in [1.54, 1.807) is 0 Å². The summed E-state index contributed by atoms with van der Waals surface area (Å²) in [5, 5.41) is 4.44. The van der Waals surface area contributed by atoms with Gasteiger partial charge in [-0.15, -0.1) is 0 Å². The molecule has 1 fully saturated rings. The number of carbonyl (C=O) groups is 2. The summed E-state index contributed by atoms with van der Waals surface area (Å²) in [6.45, 7) is 3.43. The highest BCUT2D eigenvalue weighted by atomic mass is 16.7. The van der Waals surface area contributed by atoms with Crippen molar-refractivity contribution in [3.8, 4) is 0 Å². The van der Waals surface area contributed by atoms with E-state index in [0.29, 0.717) is 38.2 Å². The number of hydrogen-bond donors (Lipinski definition) is 2. The van der Waals surface area contributed by atoms with E-state index in [2.05, 4.69) is 10.3 Å².